The number of ether oxygens (including phenoxy) is 8. The van der Waals surface area contributed by atoms with Crippen LogP contribution in [0.2, 0.25) is 72.5 Å². The number of nitrogens with one attached hydrogen (secondary N) is 1. The molecule has 3 saturated heterocycles. The van der Waals surface area contributed by atoms with Crippen LogP contribution in [0.15, 0.2) is 72.8 Å². The topological polar surface area (TPSA) is 243 Å². The van der Waals surface area contributed by atoms with E-state index >= 15 is 0 Å². The zero-order chi connectivity index (χ0) is 75.5. The summed E-state index contributed by atoms with van der Waals surface area (Å²) < 4.78 is 60.4. The third-order valence-electron chi connectivity index (χ3n) is 19.0. The van der Waals surface area contributed by atoms with Crippen LogP contribution in [0.4, 0.5) is 9.59 Å². The van der Waals surface area contributed by atoms with Gasteiger partial charge in [0.25, 0.3) is 5.91 Å². The zero-order valence-electron chi connectivity index (χ0n) is 66.2. The Kier molecular flexibility index (Phi) is 38.4. The van der Waals surface area contributed by atoms with Gasteiger partial charge in [-0.25, -0.2) is 24.1 Å². The molecule has 100 heavy (non-hydrogen) atoms. The van der Waals surface area contributed by atoms with E-state index < -0.39 is 96.2 Å². The van der Waals surface area contributed by atoms with E-state index in [2.05, 4.69) is 121 Å². The van der Waals surface area contributed by atoms with E-state index in [0.29, 0.717) is 17.7 Å². The molecule has 27 heteroatoms. The molecule has 3 aliphatic heterocycles. The van der Waals surface area contributed by atoms with Crippen LogP contribution in [-0.4, -0.2) is 198 Å². The number of halogens is 1. The van der Waals surface area contributed by atoms with Crippen LogP contribution in [0.3, 0.4) is 0 Å². The number of rotatable bonds is 17. The first-order valence-electron chi connectivity index (χ1n) is 34.1. The maximum atomic E-state index is 13.4. The Balaban J connectivity index is 0.00000133. The third kappa shape index (κ3) is 27.3. The minimum absolute atomic E-state index is 0. The number of aliphatic hydroxyl groups is 1. The molecular weight excluding hydrogens is 1420 g/mol. The number of hydrogen-bond acceptors (Lipinski definition) is 19. The van der Waals surface area contributed by atoms with Gasteiger partial charge in [-0.1, -0.05) is 125 Å². The summed E-state index contributed by atoms with van der Waals surface area (Å²) >= 11 is 0. The predicted molar refractivity (Wildman–Crippen MR) is 401 cm³/mol. The molecule has 0 aromatic heterocycles. The number of carbonyl (C=O) groups excluding carboxylic acids is 6. The zero-order valence-corrected chi connectivity index (χ0v) is 73.3. The molecule has 0 radical (unpaired) electrons. The van der Waals surface area contributed by atoms with E-state index in [1.165, 1.54) is 39.5 Å². The molecule has 0 saturated carbocycles. The minimum Gasteiger partial charge on any atom is -1.00 e. The Labute approximate surface area is 631 Å². The smallest absolute Gasteiger partial charge is 1.00 e. The molecule has 3 aliphatic rings. The standard InChI is InChI=1S/C24H39NO7Si.C19H31NO4Si.C17H31NO6Si.C7H7O.C6H16Si.BrH.Mg/c1-22(2,3)31-21(27)25-18(20(26)30-8)15-19(32-33(9,10)23(4,5)6)24(25,28)16-11-13-17(29-7)14-12-16;1-19(2,3)25(6,7)24-16-12-15(18(21)23-5)20-17(16)13-8-10-14(22-4)11-9-13;1-16(2,3)23-15(21)18-11(14(20)22-7)10-12(13(18)19)24-25(8,9)17(4,5)6;1-8-7-5-3-2-4-6-7;1-4-7(5-2)6-3;;/h11-14,18-19,28H,15H2,1-10H3;8-11,15-17,20H,12H2,1-7H3;11-12H,10H2,1-9H3;3-6H,1H3;7H,4-6H2,1-3H3;1H;/q;;;-1;;;+2/p-1/t18-,19?,24?;15-,16?,17-;11-,12?;;;;/m000..../s1. The van der Waals surface area contributed by atoms with Crippen molar-refractivity contribution >= 4 is 92.8 Å². The Morgan fingerprint density at radius 3 is 1.32 bits per heavy atom. The van der Waals surface area contributed by atoms with Gasteiger partial charge in [-0.2, -0.15) is 18.2 Å². The number of methoxy groups -OCH3 is 6. The van der Waals surface area contributed by atoms with Crippen LogP contribution in [0.5, 0.6) is 17.2 Å². The van der Waals surface area contributed by atoms with E-state index in [4.69, 9.17) is 51.2 Å². The first kappa shape index (κ1) is 95.6. The number of amides is 3. The Morgan fingerprint density at radius 1 is 0.550 bits per heavy atom. The number of nitrogens with zero attached hydrogens (tertiary/aromatic N) is 2. The van der Waals surface area contributed by atoms with Crippen LogP contribution in [0.25, 0.3) is 0 Å². The Bertz CT molecular complexity index is 3000. The number of hydrogen-bond donors (Lipinski definition) is 2. The van der Waals surface area contributed by atoms with Gasteiger partial charge in [0.05, 0.1) is 54.8 Å². The van der Waals surface area contributed by atoms with Crippen molar-refractivity contribution in [2.24, 2.45) is 0 Å². The van der Waals surface area contributed by atoms with Gasteiger partial charge in [0.15, 0.2) is 30.7 Å². The summed E-state index contributed by atoms with van der Waals surface area (Å²) in [6.07, 6.45) is -2.68. The average molecular weight is 1550 g/mol. The molecule has 0 spiro atoms. The second-order valence-electron chi connectivity index (χ2n) is 31.5. The summed E-state index contributed by atoms with van der Waals surface area (Å²) in [6, 6.07) is 26.9. The van der Waals surface area contributed by atoms with Gasteiger partial charge in [0.1, 0.15) is 53.0 Å². The summed E-state index contributed by atoms with van der Waals surface area (Å²) in [5.74, 6) is 0.205. The van der Waals surface area contributed by atoms with Gasteiger partial charge < -0.3 is 73.3 Å². The first-order chi connectivity index (χ1) is 44.9. The van der Waals surface area contributed by atoms with Crippen molar-refractivity contribution in [3.63, 3.8) is 0 Å². The molecule has 3 heterocycles. The maximum Gasteiger partial charge on any atom is 2.00 e. The molecule has 0 bridgehead atoms. The summed E-state index contributed by atoms with van der Waals surface area (Å²) in [6.45, 7) is 49.0. The molecule has 4 unspecified atom stereocenters. The maximum absolute atomic E-state index is 13.4. The van der Waals surface area contributed by atoms with E-state index in [1.807, 2.05) is 61.6 Å². The SMILES string of the molecule is CC[SiH](CC)CC.COC(=O)[C@@H]1CC(O[Si](C)(C)C(C)(C)C)C(=O)N1C(=O)OC(C)(C)C.COC(=O)[C@@H]1CC(O[Si](C)(C)C(C)(C)C)C(O)(c2ccc(OC)cc2)N1C(=O)OC(C)(C)C.COC(=O)[C@@H]1CC(O[Si](C)(C)C(C)(C)C)[C@H](c2ccc(OC)cc2)N1.COc1cc[c-]cc1.[Br-].[Mg+2]. The van der Waals surface area contributed by atoms with Crippen LogP contribution >= 0.6 is 0 Å². The fourth-order valence-corrected chi connectivity index (χ4v) is 15.7. The average Bonchev–Trinajstić information content (AvgIpc) is 1.56. The summed E-state index contributed by atoms with van der Waals surface area (Å²) in [7, 11) is 1.96. The van der Waals surface area contributed by atoms with Crippen molar-refractivity contribution in [3.8, 4) is 17.2 Å². The van der Waals surface area contributed by atoms with Crippen molar-refractivity contribution in [2.45, 2.75) is 276 Å². The monoisotopic (exact) mass is 1550 g/mol. The first-order valence-corrected chi connectivity index (χ1v) is 45.2. The summed E-state index contributed by atoms with van der Waals surface area (Å²) in [5.41, 5.74) is -2.09. The summed E-state index contributed by atoms with van der Waals surface area (Å²) in [4.78, 5) is 77.4. The second kappa shape index (κ2) is 40.2. The van der Waals surface area contributed by atoms with Crippen LogP contribution < -0.4 is 36.5 Å². The molecule has 3 fully saturated rings. The van der Waals surface area contributed by atoms with Crippen molar-refractivity contribution in [2.75, 3.05) is 42.7 Å². The largest absolute Gasteiger partial charge is 2.00 e. The van der Waals surface area contributed by atoms with Gasteiger partial charge in [-0.15, -0.1) is 12.1 Å². The molecule has 6 rings (SSSR count). The molecule has 0 aliphatic carbocycles. The molecule has 3 aromatic rings. The van der Waals surface area contributed by atoms with Crippen molar-refractivity contribution in [1.29, 1.82) is 0 Å². The number of esters is 3. The van der Waals surface area contributed by atoms with Crippen molar-refractivity contribution < 1.29 is 102 Å². The minimum atomic E-state index is -2.41. The second-order valence-corrected chi connectivity index (χ2v) is 49.9. The fraction of sp³-hybridized carbons (Fsp3) is 0.671. The van der Waals surface area contributed by atoms with Gasteiger partial charge in [-0.05, 0) is 126 Å². The number of carbonyl (C=O) groups is 6. The van der Waals surface area contributed by atoms with E-state index in [-0.39, 0.29) is 101 Å². The normalized spacial score (nSPS) is 20.9. The van der Waals surface area contributed by atoms with Crippen molar-refractivity contribution in [3.05, 3.63) is 90.0 Å². The van der Waals surface area contributed by atoms with E-state index in [9.17, 15) is 33.9 Å². The number of benzene rings is 3. The van der Waals surface area contributed by atoms with Gasteiger partial charge in [0.2, 0.25) is 0 Å². The Hall–Kier alpha value is -4.41. The molecule has 3 amide bonds. The fourth-order valence-electron chi connectivity index (χ4n) is 10.1. The van der Waals surface area contributed by atoms with E-state index in [0.717, 1.165) is 26.9 Å². The van der Waals surface area contributed by atoms with Gasteiger partial charge >= 0.3 is 53.1 Å². The number of likely N-dealkylation sites (tertiary alicyclic amines) is 2. The van der Waals surface area contributed by atoms with Crippen LogP contribution in [0.1, 0.15) is 161 Å². The Morgan fingerprint density at radius 2 is 0.940 bits per heavy atom. The number of imide groups is 1. The summed E-state index contributed by atoms with van der Waals surface area (Å²) in [5, 5.41) is 15.5. The third-order valence-corrected chi connectivity index (χ3v) is 36.0. The molecule has 564 valence electrons. The van der Waals surface area contributed by atoms with Gasteiger partial charge in [-0.3, -0.25) is 19.8 Å². The molecule has 3 aromatic carbocycles. The molecular formula is C73H124BrMgN3O18Si4. The van der Waals surface area contributed by atoms with Crippen molar-refractivity contribution in [1.82, 2.24) is 15.1 Å². The van der Waals surface area contributed by atoms with Crippen LogP contribution in [-0.2, 0) is 61.9 Å². The molecule has 2 N–H and O–H groups in total. The van der Waals surface area contributed by atoms with Crippen LogP contribution in [0, 0.1) is 6.07 Å². The molecule has 21 nitrogen and oxygen atoms in total. The molecule has 8 atom stereocenters. The predicted octanol–water partition coefficient (Wildman–Crippen LogP) is 11.6. The van der Waals surface area contributed by atoms with Gasteiger partial charge in [0, 0.05) is 39.4 Å². The quantitative estimate of drug-likeness (QED) is 0.0552. The van der Waals surface area contributed by atoms with E-state index in [1.54, 1.807) is 87.1 Å².